The fourth-order valence-corrected chi connectivity index (χ4v) is 5.56. The van der Waals surface area contributed by atoms with Gasteiger partial charge in [0.1, 0.15) is 0 Å². The van der Waals surface area contributed by atoms with E-state index in [0.29, 0.717) is 41.7 Å². The molecule has 2 aromatic carbocycles. The second kappa shape index (κ2) is 10.6. The number of carbonyl (C=O) groups is 1. The Bertz CT molecular complexity index is 1160. The van der Waals surface area contributed by atoms with Crippen molar-refractivity contribution >= 4 is 11.6 Å². The molecule has 0 heterocycles. The van der Waals surface area contributed by atoms with Gasteiger partial charge in [-0.25, -0.2) is 0 Å². The van der Waals surface area contributed by atoms with Crippen LogP contribution in [0.15, 0.2) is 29.1 Å². The van der Waals surface area contributed by atoms with Crippen LogP contribution in [-0.2, 0) is 11.2 Å². The van der Waals surface area contributed by atoms with E-state index in [2.05, 4.69) is 17.6 Å². The third kappa shape index (κ3) is 4.95. The molecule has 188 valence electrons. The Morgan fingerprint density at radius 2 is 1.71 bits per heavy atom. The number of hydrogen-bond acceptors (Lipinski definition) is 6. The van der Waals surface area contributed by atoms with E-state index in [1.165, 1.54) is 19.8 Å². The molecule has 3 atom stereocenters. The molecule has 0 bridgehead atoms. The first-order valence-electron chi connectivity index (χ1n) is 12.4. The van der Waals surface area contributed by atoms with Gasteiger partial charge in [0.25, 0.3) is 0 Å². The van der Waals surface area contributed by atoms with Crippen LogP contribution >= 0.6 is 0 Å². The van der Waals surface area contributed by atoms with Crippen molar-refractivity contribution in [2.24, 2.45) is 5.92 Å². The Hall–Kier alpha value is -3.22. The van der Waals surface area contributed by atoms with Crippen molar-refractivity contribution in [3.8, 4) is 28.4 Å². The summed E-state index contributed by atoms with van der Waals surface area (Å²) in [6.07, 6.45) is 5.95. The predicted molar refractivity (Wildman–Crippen MR) is 138 cm³/mol. The van der Waals surface area contributed by atoms with E-state index in [1.54, 1.807) is 27.4 Å². The van der Waals surface area contributed by atoms with Crippen molar-refractivity contribution in [1.82, 2.24) is 5.32 Å². The van der Waals surface area contributed by atoms with E-state index in [0.717, 1.165) is 35.1 Å². The molecule has 7 nitrogen and oxygen atoms in total. The average molecular weight is 481 g/mol. The summed E-state index contributed by atoms with van der Waals surface area (Å²) in [5, 5.41) is 6.59. The molecule has 0 saturated heterocycles. The molecule has 0 aromatic heterocycles. The highest BCUT2D eigenvalue weighted by atomic mass is 16.5. The molecule has 1 amide bonds. The second-order valence-corrected chi connectivity index (χ2v) is 9.61. The highest BCUT2D eigenvalue weighted by molar-refractivity contribution is 5.83. The maximum absolute atomic E-state index is 13.5. The molecule has 2 aliphatic rings. The zero-order valence-corrected chi connectivity index (χ0v) is 21.3. The van der Waals surface area contributed by atoms with E-state index < -0.39 is 0 Å². The quantitative estimate of drug-likeness (QED) is 0.615. The van der Waals surface area contributed by atoms with Crippen molar-refractivity contribution in [3.63, 3.8) is 0 Å². The molecule has 2 aliphatic carbocycles. The number of hydrogen-bond donors (Lipinski definition) is 2. The van der Waals surface area contributed by atoms with Crippen molar-refractivity contribution in [1.29, 1.82) is 0 Å². The standard InChI is InChI=1S/C28H36N2O5/c1-16-8-6-7-9-21(16)30-23-13-11-19-20(15-24(23)32)22(29-17(2)31)12-10-18-14-25(33-3)27(34-4)28(35-5)26(18)19/h11,13-16,21-22H,6-10,12H2,1-5H3,(H,29,31)(H,30,32)/t16-,21-,22+/m1/s1. The van der Waals surface area contributed by atoms with Gasteiger partial charge in [-0.2, -0.15) is 0 Å². The molecule has 0 radical (unpaired) electrons. The number of anilines is 1. The summed E-state index contributed by atoms with van der Waals surface area (Å²) >= 11 is 0. The van der Waals surface area contributed by atoms with Gasteiger partial charge < -0.3 is 24.8 Å². The summed E-state index contributed by atoms with van der Waals surface area (Å²) in [7, 11) is 4.79. The number of amides is 1. The predicted octanol–water partition coefficient (Wildman–Crippen LogP) is 4.85. The van der Waals surface area contributed by atoms with Gasteiger partial charge >= 0.3 is 0 Å². The van der Waals surface area contributed by atoms with E-state index in [1.807, 2.05) is 18.2 Å². The smallest absolute Gasteiger partial charge is 0.217 e. The summed E-state index contributed by atoms with van der Waals surface area (Å²) in [5.74, 6) is 2.01. The third-order valence-corrected chi connectivity index (χ3v) is 7.37. The highest BCUT2D eigenvalue weighted by Gasteiger charge is 2.30. The lowest BCUT2D eigenvalue weighted by Gasteiger charge is -2.29. The van der Waals surface area contributed by atoms with E-state index in [4.69, 9.17) is 14.2 Å². The molecule has 0 unspecified atom stereocenters. The van der Waals surface area contributed by atoms with Crippen molar-refractivity contribution in [3.05, 3.63) is 45.6 Å². The maximum Gasteiger partial charge on any atom is 0.217 e. The number of rotatable bonds is 6. The first-order chi connectivity index (χ1) is 16.9. The normalized spacial score (nSPS) is 21.1. The van der Waals surface area contributed by atoms with Crippen molar-refractivity contribution in [2.75, 3.05) is 26.6 Å². The van der Waals surface area contributed by atoms with Gasteiger partial charge in [-0.1, -0.05) is 25.8 Å². The van der Waals surface area contributed by atoms with Gasteiger partial charge in [-0.05, 0) is 66.5 Å². The second-order valence-electron chi connectivity index (χ2n) is 9.61. The van der Waals surface area contributed by atoms with E-state index in [9.17, 15) is 9.59 Å². The van der Waals surface area contributed by atoms with Crippen LogP contribution in [0.2, 0.25) is 0 Å². The third-order valence-electron chi connectivity index (χ3n) is 7.37. The maximum atomic E-state index is 13.5. The minimum absolute atomic E-state index is 0.0812. The number of aryl methyl sites for hydroxylation is 1. The summed E-state index contributed by atoms with van der Waals surface area (Å²) < 4.78 is 17.1. The number of ether oxygens (including phenoxy) is 3. The van der Waals surface area contributed by atoms with Crippen LogP contribution in [0.25, 0.3) is 11.1 Å². The minimum Gasteiger partial charge on any atom is -0.493 e. The lowest BCUT2D eigenvalue weighted by molar-refractivity contribution is -0.119. The van der Waals surface area contributed by atoms with Crippen LogP contribution in [0.3, 0.4) is 0 Å². The summed E-state index contributed by atoms with van der Waals surface area (Å²) in [6.45, 7) is 3.75. The number of nitrogens with one attached hydrogen (secondary N) is 2. The Morgan fingerprint density at radius 1 is 0.971 bits per heavy atom. The van der Waals surface area contributed by atoms with Gasteiger partial charge in [0.15, 0.2) is 11.5 Å². The molecule has 7 heteroatoms. The number of carbonyl (C=O) groups excluding carboxylic acids is 1. The lowest BCUT2D eigenvalue weighted by atomic mass is 9.86. The van der Waals surface area contributed by atoms with Crippen LogP contribution in [0.4, 0.5) is 5.69 Å². The number of methoxy groups -OCH3 is 3. The summed E-state index contributed by atoms with van der Waals surface area (Å²) in [6, 6.07) is 7.45. The summed E-state index contributed by atoms with van der Waals surface area (Å²) in [4.78, 5) is 25.5. The Labute approximate surface area is 207 Å². The topological polar surface area (TPSA) is 85.9 Å². The van der Waals surface area contributed by atoms with Gasteiger partial charge in [0, 0.05) is 18.5 Å². The van der Waals surface area contributed by atoms with Crippen LogP contribution in [0, 0.1) is 5.92 Å². The monoisotopic (exact) mass is 480 g/mol. The number of fused-ring (bicyclic) bond motifs is 3. The van der Waals surface area contributed by atoms with Crippen LogP contribution in [0.5, 0.6) is 17.2 Å². The highest BCUT2D eigenvalue weighted by Crippen LogP contribution is 2.50. The molecule has 4 rings (SSSR count). The van der Waals surface area contributed by atoms with Crippen LogP contribution in [0.1, 0.15) is 63.1 Å². The minimum atomic E-state index is -0.307. The van der Waals surface area contributed by atoms with Gasteiger partial charge in [0.2, 0.25) is 17.1 Å². The molecule has 2 aromatic rings. The molecule has 1 saturated carbocycles. The zero-order valence-electron chi connectivity index (χ0n) is 21.3. The Balaban J connectivity index is 1.93. The molecule has 1 fully saturated rings. The first kappa shape index (κ1) is 24.9. The fraction of sp³-hybridized carbons (Fsp3) is 0.500. The van der Waals surface area contributed by atoms with Gasteiger partial charge in [-0.3, -0.25) is 9.59 Å². The molecule has 0 aliphatic heterocycles. The lowest BCUT2D eigenvalue weighted by Crippen LogP contribution is -2.32. The van der Waals surface area contributed by atoms with Gasteiger partial charge in [0.05, 0.1) is 33.1 Å². The van der Waals surface area contributed by atoms with Crippen molar-refractivity contribution < 1.29 is 19.0 Å². The number of benzene rings is 1. The fourth-order valence-electron chi connectivity index (χ4n) is 5.56. The Morgan fingerprint density at radius 3 is 2.37 bits per heavy atom. The molecule has 2 N–H and O–H groups in total. The molecular weight excluding hydrogens is 444 g/mol. The molecular formula is C28H36N2O5. The van der Waals surface area contributed by atoms with Crippen LogP contribution < -0.4 is 30.3 Å². The van der Waals surface area contributed by atoms with Gasteiger partial charge in [-0.15, -0.1) is 0 Å². The first-order valence-corrected chi connectivity index (χ1v) is 12.4. The van der Waals surface area contributed by atoms with Crippen LogP contribution in [-0.4, -0.2) is 33.3 Å². The van der Waals surface area contributed by atoms with E-state index in [-0.39, 0.29) is 23.4 Å². The largest absolute Gasteiger partial charge is 0.493 e. The zero-order chi connectivity index (χ0) is 25.1. The molecule has 35 heavy (non-hydrogen) atoms. The summed E-state index contributed by atoms with van der Waals surface area (Å²) in [5.41, 5.74) is 4.00. The molecule has 0 spiro atoms. The SMILES string of the molecule is COc1cc2c(c(OC)c1OC)-c1ccc(N[C@@H]3CCCC[C@H]3C)c(=O)cc1[C@@H](NC(C)=O)CC2. The average Bonchev–Trinajstić information content (AvgIpc) is 3.08. The Kier molecular flexibility index (Phi) is 7.53. The van der Waals surface area contributed by atoms with Crippen molar-refractivity contribution in [2.45, 2.75) is 64.5 Å². The van der Waals surface area contributed by atoms with E-state index >= 15 is 0 Å².